The second-order valence-electron chi connectivity index (χ2n) is 6.50. The fourth-order valence-electron chi connectivity index (χ4n) is 2.76. The van der Waals surface area contributed by atoms with Gasteiger partial charge in [-0.15, -0.1) is 0 Å². The van der Waals surface area contributed by atoms with E-state index in [2.05, 4.69) is 35.8 Å². The summed E-state index contributed by atoms with van der Waals surface area (Å²) in [6.07, 6.45) is 9.00. The van der Waals surface area contributed by atoms with Crippen LogP contribution in [0.15, 0.2) is 4.99 Å². The summed E-state index contributed by atoms with van der Waals surface area (Å²) in [4.78, 5) is 9.05. The highest BCUT2D eigenvalue weighted by Gasteiger charge is 2.17. The zero-order valence-electron chi connectivity index (χ0n) is 13.8. The van der Waals surface area contributed by atoms with Crippen molar-refractivity contribution in [3.05, 3.63) is 0 Å². The van der Waals surface area contributed by atoms with Gasteiger partial charge in [-0.1, -0.05) is 26.2 Å². The highest BCUT2D eigenvalue weighted by molar-refractivity contribution is 5.78. The van der Waals surface area contributed by atoms with Crippen LogP contribution in [0.25, 0.3) is 0 Å². The number of hydrogen-bond donors (Lipinski definition) is 1. The van der Waals surface area contributed by atoms with Crippen molar-refractivity contribution in [3.8, 4) is 0 Å². The van der Waals surface area contributed by atoms with Crippen LogP contribution in [0.2, 0.25) is 0 Å². The zero-order chi connectivity index (χ0) is 14.8. The molecule has 4 heteroatoms. The molecule has 4 nitrogen and oxygen atoms in total. The smallest absolute Gasteiger partial charge is 0.191 e. The SMILES string of the molecule is CC1CCCN(C(N)=NCCCCCCCN(C)C)C1. The lowest BCUT2D eigenvalue weighted by Gasteiger charge is -2.31. The third-order valence-electron chi connectivity index (χ3n) is 4.02. The highest BCUT2D eigenvalue weighted by atomic mass is 15.3. The number of likely N-dealkylation sites (tertiary alicyclic amines) is 1. The molecular weight excluding hydrogens is 248 g/mol. The Balaban J connectivity index is 2.02. The van der Waals surface area contributed by atoms with E-state index in [9.17, 15) is 0 Å². The fraction of sp³-hybridized carbons (Fsp3) is 0.938. The summed E-state index contributed by atoms with van der Waals surface area (Å²) in [5.41, 5.74) is 6.08. The number of rotatable bonds is 8. The Labute approximate surface area is 125 Å². The van der Waals surface area contributed by atoms with Crippen LogP contribution in [0.3, 0.4) is 0 Å². The molecule has 0 aromatic heterocycles. The molecule has 0 aliphatic carbocycles. The van der Waals surface area contributed by atoms with Gasteiger partial charge < -0.3 is 15.5 Å². The molecule has 1 heterocycles. The molecule has 20 heavy (non-hydrogen) atoms. The lowest BCUT2D eigenvalue weighted by Crippen LogP contribution is -2.43. The third kappa shape index (κ3) is 7.73. The van der Waals surface area contributed by atoms with Crippen molar-refractivity contribution in [3.63, 3.8) is 0 Å². The van der Waals surface area contributed by atoms with Gasteiger partial charge in [-0.3, -0.25) is 4.99 Å². The molecule has 0 aromatic carbocycles. The molecule has 0 radical (unpaired) electrons. The minimum absolute atomic E-state index is 0.759. The molecule has 1 aliphatic rings. The van der Waals surface area contributed by atoms with E-state index in [1.807, 2.05) is 0 Å². The van der Waals surface area contributed by atoms with Crippen LogP contribution in [0.1, 0.15) is 51.9 Å². The van der Waals surface area contributed by atoms with Crippen LogP contribution in [0, 0.1) is 5.92 Å². The van der Waals surface area contributed by atoms with Gasteiger partial charge >= 0.3 is 0 Å². The average molecular weight is 282 g/mol. The van der Waals surface area contributed by atoms with Crippen LogP contribution in [0.4, 0.5) is 0 Å². The normalized spacial score (nSPS) is 20.7. The number of nitrogens with zero attached hydrogens (tertiary/aromatic N) is 3. The number of guanidine groups is 1. The lowest BCUT2D eigenvalue weighted by molar-refractivity contribution is 0.270. The minimum atomic E-state index is 0.759. The van der Waals surface area contributed by atoms with Crippen molar-refractivity contribution in [2.45, 2.75) is 51.9 Å². The van der Waals surface area contributed by atoms with E-state index >= 15 is 0 Å². The highest BCUT2D eigenvalue weighted by Crippen LogP contribution is 2.14. The number of unbranched alkanes of at least 4 members (excludes halogenated alkanes) is 4. The Hall–Kier alpha value is -0.770. The quantitative estimate of drug-likeness (QED) is 0.423. The van der Waals surface area contributed by atoms with Crippen molar-refractivity contribution in [1.29, 1.82) is 0 Å². The van der Waals surface area contributed by atoms with Crippen molar-refractivity contribution < 1.29 is 0 Å². The number of piperidine rings is 1. The summed E-state index contributed by atoms with van der Waals surface area (Å²) in [5, 5.41) is 0. The second-order valence-corrected chi connectivity index (χ2v) is 6.50. The van der Waals surface area contributed by atoms with Gasteiger partial charge in [0, 0.05) is 19.6 Å². The topological polar surface area (TPSA) is 44.9 Å². The summed E-state index contributed by atoms with van der Waals surface area (Å²) in [5.74, 6) is 1.53. The molecule has 1 atom stereocenters. The molecule has 0 saturated carbocycles. The van der Waals surface area contributed by atoms with Gasteiger partial charge in [0.15, 0.2) is 5.96 Å². The van der Waals surface area contributed by atoms with Crippen LogP contribution in [-0.2, 0) is 0 Å². The Kier molecular flexibility index (Phi) is 8.67. The third-order valence-corrected chi connectivity index (χ3v) is 4.02. The molecule has 1 fully saturated rings. The van der Waals surface area contributed by atoms with Gasteiger partial charge in [0.05, 0.1) is 0 Å². The first kappa shape index (κ1) is 17.3. The number of aliphatic imine (C=N–C) groups is 1. The Morgan fingerprint density at radius 1 is 1.20 bits per heavy atom. The van der Waals surface area contributed by atoms with E-state index in [-0.39, 0.29) is 0 Å². The molecule has 1 aliphatic heterocycles. The average Bonchev–Trinajstić information content (AvgIpc) is 2.41. The summed E-state index contributed by atoms with van der Waals surface area (Å²) in [6, 6.07) is 0. The fourth-order valence-corrected chi connectivity index (χ4v) is 2.76. The maximum Gasteiger partial charge on any atom is 0.191 e. The van der Waals surface area contributed by atoms with Gasteiger partial charge in [0.25, 0.3) is 0 Å². The largest absolute Gasteiger partial charge is 0.370 e. The molecule has 0 amide bonds. The number of hydrogen-bond acceptors (Lipinski definition) is 2. The summed E-state index contributed by atoms with van der Waals surface area (Å²) in [6.45, 7) is 6.57. The Morgan fingerprint density at radius 2 is 1.90 bits per heavy atom. The van der Waals surface area contributed by atoms with E-state index < -0.39 is 0 Å². The van der Waals surface area contributed by atoms with Gasteiger partial charge in [-0.05, 0) is 52.2 Å². The molecule has 1 unspecified atom stereocenters. The molecule has 0 spiro atoms. The lowest BCUT2D eigenvalue weighted by atomic mass is 10.0. The van der Waals surface area contributed by atoms with Gasteiger partial charge in [0.1, 0.15) is 0 Å². The molecule has 0 bridgehead atoms. The molecule has 2 N–H and O–H groups in total. The standard InChI is InChI=1S/C16H34N4/c1-15-10-9-13-20(14-15)16(17)18-11-7-5-4-6-8-12-19(2)3/h15H,4-14H2,1-3H3,(H2,17,18). The Morgan fingerprint density at radius 3 is 2.60 bits per heavy atom. The monoisotopic (exact) mass is 282 g/mol. The Bertz CT molecular complexity index is 276. The minimum Gasteiger partial charge on any atom is -0.370 e. The van der Waals surface area contributed by atoms with Gasteiger partial charge in [0.2, 0.25) is 0 Å². The van der Waals surface area contributed by atoms with Crippen LogP contribution in [0.5, 0.6) is 0 Å². The maximum absolute atomic E-state index is 6.08. The van der Waals surface area contributed by atoms with Crippen LogP contribution >= 0.6 is 0 Å². The van der Waals surface area contributed by atoms with Crippen molar-refractivity contribution in [1.82, 2.24) is 9.80 Å². The predicted molar refractivity (Wildman–Crippen MR) is 88.1 cm³/mol. The summed E-state index contributed by atoms with van der Waals surface area (Å²) < 4.78 is 0. The summed E-state index contributed by atoms with van der Waals surface area (Å²) >= 11 is 0. The molecule has 1 rings (SSSR count). The molecular formula is C16H34N4. The van der Waals surface area contributed by atoms with E-state index in [0.717, 1.165) is 31.5 Å². The van der Waals surface area contributed by atoms with Crippen molar-refractivity contribution in [2.24, 2.45) is 16.6 Å². The second kappa shape index (κ2) is 10.0. The van der Waals surface area contributed by atoms with E-state index in [1.54, 1.807) is 0 Å². The zero-order valence-corrected chi connectivity index (χ0v) is 13.8. The first-order chi connectivity index (χ1) is 9.59. The van der Waals surface area contributed by atoms with Gasteiger partial charge in [-0.25, -0.2) is 0 Å². The van der Waals surface area contributed by atoms with Crippen molar-refractivity contribution in [2.75, 3.05) is 40.3 Å². The summed E-state index contributed by atoms with van der Waals surface area (Å²) in [7, 11) is 4.28. The molecule has 1 saturated heterocycles. The van der Waals surface area contributed by atoms with Crippen molar-refractivity contribution >= 4 is 5.96 Å². The predicted octanol–water partition coefficient (Wildman–Crippen LogP) is 2.55. The maximum atomic E-state index is 6.08. The first-order valence-electron chi connectivity index (χ1n) is 8.29. The van der Waals surface area contributed by atoms with Crippen LogP contribution in [-0.4, -0.2) is 56.0 Å². The molecule has 0 aromatic rings. The van der Waals surface area contributed by atoms with E-state index in [0.29, 0.717) is 0 Å². The van der Waals surface area contributed by atoms with Gasteiger partial charge in [-0.2, -0.15) is 0 Å². The van der Waals surface area contributed by atoms with E-state index in [4.69, 9.17) is 5.73 Å². The molecule has 118 valence electrons. The van der Waals surface area contributed by atoms with E-state index in [1.165, 1.54) is 51.5 Å². The number of nitrogens with two attached hydrogens (primary N) is 1. The first-order valence-corrected chi connectivity index (χ1v) is 8.29. The van der Waals surface area contributed by atoms with Crippen LogP contribution < -0.4 is 5.73 Å².